The van der Waals surface area contributed by atoms with E-state index in [1.54, 1.807) is 11.3 Å². The van der Waals surface area contributed by atoms with E-state index < -0.39 is 5.60 Å². The summed E-state index contributed by atoms with van der Waals surface area (Å²) < 4.78 is 0. The number of unbranched alkanes of at least 4 members (excludes halogenated alkanes) is 1. The minimum absolute atomic E-state index is 0.410. The Morgan fingerprint density at radius 1 is 1.71 bits per heavy atom. The summed E-state index contributed by atoms with van der Waals surface area (Å²) in [5.41, 5.74) is -0.410. The van der Waals surface area contributed by atoms with Gasteiger partial charge in [0.25, 0.3) is 0 Å². The standard InChI is InChI=1S/C11H17NOS/c1-2-3-4-9-7-11(9,13)8-10-12-5-6-14-10/h5-6,9,13H,2-4,7-8H2,1H3. The molecule has 14 heavy (non-hydrogen) atoms. The van der Waals surface area contributed by atoms with Crippen LogP contribution in [0, 0.1) is 5.92 Å². The monoisotopic (exact) mass is 211 g/mol. The number of aromatic nitrogens is 1. The number of aliphatic hydroxyl groups is 1. The van der Waals surface area contributed by atoms with Crippen LogP contribution in [0.5, 0.6) is 0 Å². The molecule has 0 aliphatic heterocycles. The predicted octanol–water partition coefficient (Wildman–Crippen LogP) is 2.63. The highest BCUT2D eigenvalue weighted by Crippen LogP contribution is 2.48. The first kappa shape index (κ1) is 10.1. The maximum absolute atomic E-state index is 10.2. The quantitative estimate of drug-likeness (QED) is 0.812. The molecule has 0 amide bonds. The Morgan fingerprint density at radius 3 is 3.21 bits per heavy atom. The summed E-state index contributed by atoms with van der Waals surface area (Å²) >= 11 is 1.64. The van der Waals surface area contributed by atoms with E-state index in [-0.39, 0.29) is 0 Å². The summed E-state index contributed by atoms with van der Waals surface area (Å²) in [4.78, 5) is 4.21. The Hall–Kier alpha value is -0.410. The average Bonchev–Trinajstić information content (AvgIpc) is 2.61. The van der Waals surface area contributed by atoms with Gasteiger partial charge in [-0.1, -0.05) is 19.8 Å². The van der Waals surface area contributed by atoms with Crippen molar-refractivity contribution < 1.29 is 5.11 Å². The van der Waals surface area contributed by atoms with E-state index in [1.807, 2.05) is 11.6 Å². The van der Waals surface area contributed by atoms with Crippen LogP contribution in [0.1, 0.15) is 37.6 Å². The SMILES string of the molecule is CCCCC1CC1(O)Cc1nccs1. The van der Waals surface area contributed by atoms with Crippen molar-refractivity contribution in [3.8, 4) is 0 Å². The molecule has 1 aromatic rings. The molecule has 0 bridgehead atoms. The molecule has 1 saturated carbocycles. The van der Waals surface area contributed by atoms with Crippen molar-refractivity contribution >= 4 is 11.3 Å². The molecule has 2 nitrogen and oxygen atoms in total. The molecule has 78 valence electrons. The summed E-state index contributed by atoms with van der Waals surface area (Å²) in [6.07, 6.45) is 7.20. The van der Waals surface area contributed by atoms with Crippen LogP contribution in [0.15, 0.2) is 11.6 Å². The summed E-state index contributed by atoms with van der Waals surface area (Å²) in [6, 6.07) is 0. The third-order valence-electron chi connectivity index (χ3n) is 3.05. The lowest BCUT2D eigenvalue weighted by molar-refractivity contribution is 0.129. The van der Waals surface area contributed by atoms with E-state index >= 15 is 0 Å². The van der Waals surface area contributed by atoms with Crippen molar-refractivity contribution in [3.63, 3.8) is 0 Å². The largest absolute Gasteiger partial charge is 0.389 e. The normalized spacial score (nSPS) is 30.6. The molecule has 2 atom stereocenters. The highest BCUT2D eigenvalue weighted by Gasteiger charge is 2.52. The molecule has 0 radical (unpaired) electrons. The van der Waals surface area contributed by atoms with Gasteiger partial charge in [0.05, 0.1) is 10.6 Å². The topological polar surface area (TPSA) is 33.1 Å². The Balaban J connectivity index is 1.82. The Labute approximate surface area is 89.0 Å². The molecule has 2 unspecified atom stereocenters. The Bertz CT molecular complexity index is 285. The van der Waals surface area contributed by atoms with Crippen LogP contribution in [0.4, 0.5) is 0 Å². The second kappa shape index (κ2) is 3.99. The molecule has 2 rings (SSSR count). The molecular weight excluding hydrogens is 194 g/mol. The van der Waals surface area contributed by atoms with E-state index in [2.05, 4.69) is 11.9 Å². The average molecular weight is 211 g/mol. The van der Waals surface area contributed by atoms with E-state index in [4.69, 9.17) is 0 Å². The number of rotatable bonds is 5. The van der Waals surface area contributed by atoms with Crippen molar-refractivity contribution in [3.05, 3.63) is 16.6 Å². The van der Waals surface area contributed by atoms with Crippen LogP contribution in [-0.2, 0) is 6.42 Å². The molecule has 0 aromatic carbocycles. The van der Waals surface area contributed by atoms with Gasteiger partial charge >= 0.3 is 0 Å². The molecular formula is C11H17NOS. The van der Waals surface area contributed by atoms with Gasteiger partial charge in [0, 0.05) is 18.0 Å². The van der Waals surface area contributed by atoms with Crippen molar-refractivity contribution in [2.24, 2.45) is 5.92 Å². The fourth-order valence-electron chi connectivity index (χ4n) is 2.01. The first-order chi connectivity index (χ1) is 6.74. The zero-order chi connectivity index (χ0) is 10.0. The van der Waals surface area contributed by atoms with Crippen LogP contribution in [0.25, 0.3) is 0 Å². The van der Waals surface area contributed by atoms with Crippen molar-refractivity contribution in [2.45, 2.75) is 44.6 Å². The van der Waals surface area contributed by atoms with Gasteiger partial charge in [-0.25, -0.2) is 4.98 Å². The summed E-state index contributed by atoms with van der Waals surface area (Å²) in [5, 5.41) is 13.2. The van der Waals surface area contributed by atoms with Crippen LogP contribution in [-0.4, -0.2) is 15.7 Å². The summed E-state index contributed by atoms with van der Waals surface area (Å²) in [6.45, 7) is 2.20. The van der Waals surface area contributed by atoms with Gasteiger partial charge in [-0.2, -0.15) is 0 Å². The van der Waals surface area contributed by atoms with Crippen molar-refractivity contribution in [2.75, 3.05) is 0 Å². The zero-order valence-electron chi connectivity index (χ0n) is 8.57. The number of hydrogen-bond donors (Lipinski definition) is 1. The fraction of sp³-hybridized carbons (Fsp3) is 0.727. The van der Waals surface area contributed by atoms with Gasteiger partial charge in [0.15, 0.2) is 0 Å². The third kappa shape index (κ3) is 2.15. The molecule has 0 saturated heterocycles. The summed E-state index contributed by atoms with van der Waals surface area (Å²) in [5.74, 6) is 0.534. The lowest BCUT2D eigenvalue weighted by atomic mass is 10.1. The third-order valence-corrected chi connectivity index (χ3v) is 3.83. The van der Waals surface area contributed by atoms with Gasteiger partial charge in [-0.3, -0.25) is 0 Å². The van der Waals surface area contributed by atoms with Gasteiger partial charge in [0.2, 0.25) is 0 Å². The first-order valence-electron chi connectivity index (χ1n) is 5.35. The van der Waals surface area contributed by atoms with Crippen LogP contribution < -0.4 is 0 Å². The second-order valence-electron chi connectivity index (χ2n) is 4.25. The molecule has 0 spiro atoms. The second-order valence-corrected chi connectivity index (χ2v) is 5.23. The van der Waals surface area contributed by atoms with Crippen molar-refractivity contribution in [1.82, 2.24) is 4.98 Å². The molecule has 1 N–H and O–H groups in total. The van der Waals surface area contributed by atoms with Gasteiger partial charge in [-0.05, 0) is 18.8 Å². The smallest absolute Gasteiger partial charge is 0.0953 e. The van der Waals surface area contributed by atoms with Crippen LogP contribution >= 0.6 is 11.3 Å². The molecule has 3 heteroatoms. The zero-order valence-corrected chi connectivity index (χ0v) is 9.39. The van der Waals surface area contributed by atoms with Gasteiger partial charge in [-0.15, -0.1) is 11.3 Å². The summed E-state index contributed by atoms with van der Waals surface area (Å²) in [7, 11) is 0. The Kier molecular flexibility index (Phi) is 2.88. The molecule has 1 aromatic heterocycles. The molecule has 1 aliphatic carbocycles. The van der Waals surface area contributed by atoms with E-state index in [0.717, 1.165) is 17.8 Å². The maximum Gasteiger partial charge on any atom is 0.0953 e. The molecule has 1 heterocycles. The Morgan fingerprint density at radius 2 is 2.57 bits per heavy atom. The number of thiazole rings is 1. The maximum atomic E-state index is 10.2. The molecule has 1 fully saturated rings. The van der Waals surface area contributed by atoms with Gasteiger partial charge < -0.3 is 5.11 Å². The molecule has 1 aliphatic rings. The highest BCUT2D eigenvalue weighted by molar-refractivity contribution is 7.09. The first-order valence-corrected chi connectivity index (χ1v) is 6.23. The number of nitrogens with zero attached hydrogens (tertiary/aromatic N) is 1. The predicted molar refractivity (Wildman–Crippen MR) is 58.4 cm³/mol. The van der Waals surface area contributed by atoms with Crippen molar-refractivity contribution in [1.29, 1.82) is 0 Å². The highest BCUT2D eigenvalue weighted by atomic mass is 32.1. The van der Waals surface area contributed by atoms with E-state index in [9.17, 15) is 5.11 Å². The van der Waals surface area contributed by atoms with E-state index in [1.165, 1.54) is 19.3 Å². The minimum atomic E-state index is -0.410. The lowest BCUT2D eigenvalue weighted by Gasteiger charge is -2.07. The minimum Gasteiger partial charge on any atom is -0.389 e. The van der Waals surface area contributed by atoms with Gasteiger partial charge in [0.1, 0.15) is 0 Å². The fourth-order valence-corrected chi connectivity index (χ4v) is 2.74. The van der Waals surface area contributed by atoms with E-state index in [0.29, 0.717) is 5.92 Å². The lowest BCUT2D eigenvalue weighted by Crippen LogP contribution is -2.14. The van der Waals surface area contributed by atoms with Crippen LogP contribution in [0.2, 0.25) is 0 Å². The van der Waals surface area contributed by atoms with Crippen LogP contribution in [0.3, 0.4) is 0 Å². The number of hydrogen-bond acceptors (Lipinski definition) is 3.